The fraction of sp³-hybridized carbons (Fsp3) is 0.947. The van der Waals surface area contributed by atoms with Crippen molar-refractivity contribution in [2.75, 3.05) is 6.54 Å². The summed E-state index contributed by atoms with van der Waals surface area (Å²) < 4.78 is 0. The third-order valence-corrected chi connectivity index (χ3v) is 5.30. The summed E-state index contributed by atoms with van der Waals surface area (Å²) in [4.78, 5) is 12.6. The van der Waals surface area contributed by atoms with Crippen LogP contribution < -0.4 is 5.73 Å². The number of hydrogen-bond donors (Lipinski definition) is 1. The second kappa shape index (κ2) is 11.2. The molecular weight excluding hydrogens is 258 g/mol. The van der Waals surface area contributed by atoms with Gasteiger partial charge >= 0.3 is 0 Å². The predicted molar refractivity (Wildman–Crippen MR) is 91.4 cm³/mol. The van der Waals surface area contributed by atoms with Gasteiger partial charge < -0.3 is 5.73 Å². The SMILES string of the molecule is CCCCCCCCCCC(=O)C1(CN)CCCCCC1. The molecule has 2 heteroatoms. The topological polar surface area (TPSA) is 43.1 Å². The van der Waals surface area contributed by atoms with E-state index in [1.807, 2.05) is 0 Å². The van der Waals surface area contributed by atoms with Crippen molar-refractivity contribution in [1.29, 1.82) is 0 Å². The first kappa shape index (κ1) is 18.7. The van der Waals surface area contributed by atoms with Crippen LogP contribution in [0.3, 0.4) is 0 Å². The van der Waals surface area contributed by atoms with Gasteiger partial charge in [0.1, 0.15) is 5.78 Å². The first-order valence-corrected chi connectivity index (χ1v) is 9.48. The van der Waals surface area contributed by atoms with Crippen LogP contribution in [0, 0.1) is 5.41 Å². The quantitative estimate of drug-likeness (QED) is 0.410. The Hall–Kier alpha value is -0.370. The summed E-state index contributed by atoms with van der Waals surface area (Å²) in [5.74, 6) is 0.470. The molecule has 1 saturated carbocycles. The van der Waals surface area contributed by atoms with Crippen molar-refractivity contribution in [3.05, 3.63) is 0 Å². The van der Waals surface area contributed by atoms with Gasteiger partial charge in [0.2, 0.25) is 0 Å². The first-order chi connectivity index (χ1) is 10.2. The van der Waals surface area contributed by atoms with E-state index >= 15 is 0 Å². The highest BCUT2D eigenvalue weighted by Gasteiger charge is 2.35. The molecule has 0 amide bonds. The second-order valence-corrected chi connectivity index (χ2v) is 7.05. The Kier molecular flexibility index (Phi) is 9.99. The lowest BCUT2D eigenvalue weighted by Crippen LogP contribution is -2.38. The lowest BCUT2D eigenvalue weighted by atomic mass is 9.75. The molecule has 1 fully saturated rings. The number of hydrogen-bond acceptors (Lipinski definition) is 2. The molecule has 1 aliphatic carbocycles. The smallest absolute Gasteiger partial charge is 0.140 e. The highest BCUT2D eigenvalue weighted by atomic mass is 16.1. The lowest BCUT2D eigenvalue weighted by molar-refractivity contribution is -0.129. The second-order valence-electron chi connectivity index (χ2n) is 7.05. The van der Waals surface area contributed by atoms with E-state index < -0.39 is 0 Å². The maximum absolute atomic E-state index is 12.6. The van der Waals surface area contributed by atoms with E-state index in [0.29, 0.717) is 12.3 Å². The van der Waals surface area contributed by atoms with Crippen molar-refractivity contribution in [2.45, 2.75) is 103 Å². The number of ketones is 1. The van der Waals surface area contributed by atoms with Crippen molar-refractivity contribution >= 4 is 5.78 Å². The van der Waals surface area contributed by atoms with E-state index in [1.54, 1.807) is 0 Å². The molecule has 0 aromatic carbocycles. The van der Waals surface area contributed by atoms with E-state index in [-0.39, 0.29) is 5.41 Å². The predicted octanol–water partition coefficient (Wildman–Crippen LogP) is 5.39. The minimum Gasteiger partial charge on any atom is -0.329 e. The van der Waals surface area contributed by atoms with E-state index in [4.69, 9.17) is 5.73 Å². The van der Waals surface area contributed by atoms with Gasteiger partial charge in [-0.1, -0.05) is 77.6 Å². The van der Waals surface area contributed by atoms with Crippen molar-refractivity contribution < 1.29 is 4.79 Å². The summed E-state index contributed by atoms with van der Waals surface area (Å²) in [6.45, 7) is 2.83. The largest absolute Gasteiger partial charge is 0.329 e. The zero-order valence-electron chi connectivity index (χ0n) is 14.3. The maximum Gasteiger partial charge on any atom is 0.140 e. The average Bonchev–Trinajstić information content (AvgIpc) is 2.76. The third-order valence-electron chi connectivity index (χ3n) is 5.30. The number of carbonyl (C=O) groups is 1. The molecule has 1 aliphatic rings. The normalized spacial score (nSPS) is 18.4. The number of nitrogens with two attached hydrogens (primary N) is 1. The van der Waals surface area contributed by atoms with Gasteiger partial charge in [-0.15, -0.1) is 0 Å². The van der Waals surface area contributed by atoms with Gasteiger partial charge in [-0.05, 0) is 19.3 Å². The van der Waals surface area contributed by atoms with Crippen LogP contribution in [0.4, 0.5) is 0 Å². The monoisotopic (exact) mass is 295 g/mol. The minimum atomic E-state index is -0.155. The van der Waals surface area contributed by atoms with Gasteiger partial charge in [0.15, 0.2) is 0 Å². The Labute approximate surface area is 132 Å². The summed E-state index contributed by atoms with van der Waals surface area (Å²) in [6, 6.07) is 0. The molecule has 0 heterocycles. The molecule has 1 rings (SSSR count). The summed E-state index contributed by atoms with van der Waals surface area (Å²) in [7, 11) is 0. The summed E-state index contributed by atoms with van der Waals surface area (Å²) in [6.07, 6.45) is 18.2. The minimum absolute atomic E-state index is 0.155. The van der Waals surface area contributed by atoms with Gasteiger partial charge in [0.25, 0.3) is 0 Å². The zero-order chi connectivity index (χ0) is 15.4. The Balaban J connectivity index is 2.16. The standard InChI is InChI=1S/C19H37NO/c1-2-3-4-5-6-7-8-11-14-18(21)19(17-20)15-12-9-10-13-16-19/h2-17,20H2,1H3. The maximum atomic E-state index is 12.6. The first-order valence-electron chi connectivity index (χ1n) is 9.48. The van der Waals surface area contributed by atoms with Crippen LogP contribution in [-0.2, 0) is 4.79 Å². The van der Waals surface area contributed by atoms with Crippen LogP contribution in [-0.4, -0.2) is 12.3 Å². The third kappa shape index (κ3) is 6.95. The number of carbonyl (C=O) groups excluding carboxylic acids is 1. The number of rotatable bonds is 11. The molecule has 0 aliphatic heterocycles. The van der Waals surface area contributed by atoms with Crippen molar-refractivity contribution in [3.8, 4) is 0 Å². The van der Waals surface area contributed by atoms with E-state index in [2.05, 4.69) is 6.92 Å². The van der Waals surface area contributed by atoms with Gasteiger partial charge in [0.05, 0.1) is 0 Å². The van der Waals surface area contributed by atoms with Crippen LogP contribution in [0.1, 0.15) is 103 Å². The molecule has 0 unspecified atom stereocenters. The summed E-state index contributed by atoms with van der Waals surface area (Å²) >= 11 is 0. The van der Waals surface area contributed by atoms with Crippen molar-refractivity contribution in [2.24, 2.45) is 11.1 Å². The Morgan fingerprint density at radius 3 is 1.90 bits per heavy atom. The zero-order valence-corrected chi connectivity index (χ0v) is 14.3. The lowest BCUT2D eigenvalue weighted by Gasteiger charge is -2.29. The Bertz CT molecular complexity index is 267. The molecule has 21 heavy (non-hydrogen) atoms. The fourth-order valence-electron chi connectivity index (χ4n) is 3.69. The highest BCUT2D eigenvalue weighted by molar-refractivity contribution is 5.85. The van der Waals surface area contributed by atoms with Gasteiger partial charge in [0, 0.05) is 18.4 Å². The Morgan fingerprint density at radius 1 is 0.857 bits per heavy atom. The molecule has 0 bridgehead atoms. The number of unbranched alkanes of at least 4 members (excludes halogenated alkanes) is 7. The number of Topliss-reactive ketones (excluding diaryl/α,β-unsaturated/α-hetero) is 1. The molecule has 0 aromatic rings. The van der Waals surface area contributed by atoms with Crippen molar-refractivity contribution in [1.82, 2.24) is 0 Å². The molecule has 2 nitrogen and oxygen atoms in total. The van der Waals surface area contributed by atoms with Crippen molar-refractivity contribution in [3.63, 3.8) is 0 Å². The molecule has 124 valence electrons. The highest BCUT2D eigenvalue weighted by Crippen LogP contribution is 2.36. The molecule has 2 N–H and O–H groups in total. The molecule has 0 spiro atoms. The van der Waals surface area contributed by atoms with Crippen LogP contribution in [0.25, 0.3) is 0 Å². The molecule has 0 radical (unpaired) electrons. The fourth-order valence-corrected chi connectivity index (χ4v) is 3.69. The molecule has 0 atom stereocenters. The Morgan fingerprint density at radius 2 is 1.38 bits per heavy atom. The van der Waals surface area contributed by atoms with Gasteiger partial charge in [-0.25, -0.2) is 0 Å². The van der Waals surface area contributed by atoms with Crippen LogP contribution in [0.2, 0.25) is 0 Å². The average molecular weight is 296 g/mol. The molecule has 0 aromatic heterocycles. The van der Waals surface area contributed by atoms with Gasteiger partial charge in [-0.3, -0.25) is 4.79 Å². The van der Waals surface area contributed by atoms with Gasteiger partial charge in [-0.2, -0.15) is 0 Å². The van der Waals surface area contributed by atoms with E-state index in [1.165, 1.54) is 70.6 Å². The van der Waals surface area contributed by atoms with E-state index in [0.717, 1.165) is 25.7 Å². The summed E-state index contributed by atoms with van der Waals surface area (Å²) in [5.41, 5.74) is 5.83. The van der Waals surface area contributed by atoms with Crippen LogP contribution >= 0.6 is 0 Å². The molecule has 0 saturated heterocycles. The van der Waals surface area contributed by atoms with Crippen LogP contribution in [0.5, 0.6) is 0 Å². The summed E-state index contributed by atoms with van der Waals surface area (Å²) in [5, 5.41) is 0. The van der Waals surface area contributed by atoms with Crippen LogP contribution in [0.15, 0.2) is 0 Å². The van der Waals surface area contributed by atoms with E-state index in [9.17, 15) is 4.79 Å². The molecular formula is C19H37NO.